The first kappa shape index (κ1) is 12.9. The second kappa shape index (κ2) is 5.45. The third-order valence-corrected chi connectivity index (χ3v) is 4.78. The van der Waals surface area contributed by atoms with E-state index >= 15 is 0 Å². The third kappa shape index (κ3) is 2.59. The van der Waals surface area contributed by atoms with Gasteiger partial charge in [-0.2, -0.15) is 0 Å². The van der Waals surface area contributed by atoms with Crippen LogP contribution in [0.4, 0.5) is 0 Å². The predicted molar refractivity (Wildman–Crippen MR) is 73.9 cm³/mol. The SMILES string of the molecule is Cc1nccn1CCN1CCCC1C1CCCC1=O. The molecule has 0 radical (unpaired) electrons. The number of rotatable bonds is 4. The average Bonchev–Trinajstić information content (AvgIpc) is 3.08. The molecule has 1 aromatic heterocycles. The van der Waals surface area contributed by atoms with E-state index in [-0.39, 0.29) is 0 Å². The number of hydrogen-bond acceptors (Lipinski definition) is 3. The number of carbonyl (C=O) groups excluding carboxylic acids is 1. The molecule has 2 unspecified atom stereocenters. The number of carbonyl (C=O) groups is 1. The summed E-state index contributed by atoms with van der Waals surface area (Å²) in [5.41, 5.74) is 0. The van der Waals surface area contributed by atoms with Crippen molar-refractivity contribution in [1.82, 2.24) is 14.5 Å². The highest BCUT2D eigenvalue weighted by atomic mass is 16.1. The standard InChI is InChI=1S/C15H23N3O/c1-12-16-7-9-17(12)10-11-18-8-3-5-14(18)13-4-2-6-15(13)19/h7,9,13-14H,2-6,8,10-11H2,1H3. The largest absolute Gasteiger partial charge is 0.334 e. The first-order chi connectivity index (χ1) is 9.25. The molecule has 1 aromatic rings. The Morgan fingerprint density at radius 1 is 1.32 bits per heavy atom. The molecule has 2 heterocycles. The van der Waals surface area contributed by atoms with Crippen LogP contribution in [0.15, 0.2) is 12.4 Å². The van der Waals surface area contributed by atoms with Crippen molar-refractivity contribution < 1.29 is 4.79 Å². The van der Waals surface area contributed by atoms with E-state index in [0.717, 1.165) is 44.7 Å². The van der Waals surface area contributed by atoms with E-state index in [2.05, 4.69) is 14.5 Å². The van der Waals surface area contributed by atoms with Crippen LogP contribution in [0.3, 0.4) is 0 Å². The van der Waals surface area contributed by atoms with Gasteiger partial charge >= 0.3 is 0 Å². The van der Waals surface area contributed by atoms with Crippen molar-refractivity contribution in [1.29, 1.82) is 0 Å². The number of hydrogen-bond donors (Lipinski definition) is 0. The Morgan fingerprint density at radius 2 is 2.21 bits per heavy atom. The first-order valence-corrected chi connectivity index (χ1v) is 7.50. The quantitative estimate of drug-likeness (QED) is 0.832. The van der Waals surface area contributed by atoms with Crippen LogP contribution in [0.2, 0.25) is 0 Å². The minimum Gasteiger partial charge on any atom is -0.334 e. The van der Waals surface area contributed by atoms with Gasteiger partial charge in [-0.25, -0.2) is 4.98 Å². The lowest BCUT2D eigenvalue weighted by atomic mass is 9.95. The molecule has 1 saturated carbocycles. The molecule has 0 N–H and O–H groups in total. The predicted octanol–water partition coefficient (Wildman–Crippen LogP) is 2.03. The first-order valence-electron chi connectivity index (χ1n) is 7.50. The zero-order valence-electron chi connectivity index (χ0n) is 11.7. The molecule has 0 aromatic carbocycles. The van der Waals surface area contributed by atoms with Gasteiger partial charge in [0.15, 0.2) is 0 Å². The molecule has 19 heavy (non-hydrogen) atoms. The molecule has 0 bridgehead atoms. The summed E-state index contributed by atoms with van der Waals surface area (Å²) >= 11 is 0. The van der Waals surface area contributed by atoms with Crippen LogP contribution in [0.25, 0.3) is 0 Å². The minimum atomic E-state index is 0.325. The minimum absolute atomic E-state index is 0.325. The second-order valence-corrected chi connectivity index (χ2v) is 5.88. The smallest absolute Gasteiger partial charge is 0.137 e. The van der Waals surface area contributed by atoms with Crippen molar-refractivity contribution in [2.45, 2.75) is 51.6 Å². The van der Waals surface area contributed by atoms with E-state index in [1.807, 2.05) is 19.3 Å². The molecule has 4 nitrogen and oxygen atoms in total. The van der Waals surface area contributed by atoms with E-state index in [4.69, 9.17) is 0 Å². The van der Waals surface area contributed by atoms with Crippen LogP contribution in [0.5, 0.6) is 0 Å². The van der Waals surface area contributed by atoms with Gasteiger partial charge in [0.1, 0.15) is 11.6 Å². The lowest BCUT2D eigenvalue weighted by Crippen LogP contribution is -2.39. The fourth-order valence-corrected chi connectivity index (χ4v) is 3.71. The molecule has 2 fully saturated rings. The Morgan fingerprint density at radius 3 is 2.89 bits per heavy atom. The van der Waals surface area contributed by atoms with Crippen LogP contribution in [-0.2, 0) is 11.3 Å². The summed E-state index contributed by atoms with van der Waals surface area (Å²) in [5.74, 6) is 1.91. The molecular formula is C15H23N3O. The van der Waals surface area contributed by atoms with Crippen LogP contribution in [0, 0.1) is 12.8 Å². The van der Waals surface area contributed by atoms with Crippen molar-refractivity contribution in [3.8, 4) is 0 Å². The zero-order chi connectivity index (χ0) is 13.2. The lowest BCUT2D eigenvalue weighted by Gasteiger charge is -2.28. The highest BCUT2D eigenvalue weighted by Crippen LogP contribution is 2.33. The highest BCUT2D eigenvalue weighted by Gasteiger charge is 2.37. The van der Waals surface area contributed by atoms with Gasteiger partial charge < -0.3 is 4.57 Å². The Hall–Kier alpha value is -1.16. The Kier molecular flexibility index (Phi) is 3.69. The maximum Gasteiger partial charge on any atom is 0.137 e. The summed E-state index contributed by atoms with van der Waals surface area (Å²) in [4.78, 5) is 18.7. The molecular weight excluding hydrogens is 238 g/mol. The van der Waals surface area contributed by atoms with Crippen LogP contribution in [0.1, 0.15) is 37.9 Å². The lowest BCUT2D eigenvalue weighted by molar-refractivity contribution is -0.122. The number of Topliss-reactive ketones (excluding diaryl/α,β-unsaturated/α-hetero) is 1. The van der Waals surface area contributed by atoms with Crippen molar-refractivity contribution in [2.75, 3.05) is 13.1 Å². The molecule has 1 saturated heterocycles. The Bertz CT molecular complexity index is 454. The molecule has 3 rings (SSSR count). The Balaban J connectivity index is 1.60. The average molecular weight is 261 g/mol. The number of imidazole rings is 1. The van der Waals surface area contributed by atoms with Gasteiger partial charge in [-0.3, -0.25) is 9.69 Å². The molecule has 2 aliphatic rings. The van der Waals surface area contributed by atoms with Crippen LogP contribution >= 0.6 is 0 Å². The van der Waals surface area contributed by atoms with E-state index in [0.29, 0.717) is 17.7 Å². The summed E-state index contributed by atoms with van der Waals surface area (Å²) in [6.07, 6.45) is 9.39. The van der Waals surface area contributed by atoms with Gasteiger partial charge in [0, 0.05) is 43.9 Å². The highest BCUT2D eigenvalue weighted by molar-refractivity contribution is 5.83. The van der Waals surface area contributed by atoms with E-state index in [1.165, 1.54) is 12.8 Å². The van der Waals surface area contributed by atoms with Gasteiger partial charge in [0.25, 0.3) is 0 Å². The van der Waals surface area contributed by atoms with Gasteiger partial charge in [-0.15, -0.1) is 0 Å². The van der Waals surface area contributed by atoms with Crippen LogP contribution in [-0.4, -0.2) is 39.4 Å². The van der Waals surface area contributed by atoms with Gasteiger partial charge in [0.05, 0.1) is 0 Å². The van der Waals surface area contributed by atoms with Gasteiger partial charge in [0.2, 0.25) is 0 Å². The van der Waals surface area contributed by atoms with E-state index in [1.54, 1.807) is 0 Å². The molecule has 1 aliphatic carbocycles. The number of aryl methyl sites for hydroxylation is 1. The van der Waals surface area contributed by atoms with Crippen molar-refractivity contribution in [3.63, 3.8) is 0 Å². The summed E-state index contributed by atoms with van der Waals surface area (Å²) in [6.45, 7) is 5.24. The topological polar surface area (TPSA) is 38.1 Å². The monoisotopic (exact) mass is 261 g/mol. The van der Waals surface area contributed by atoms with Gasteiger partial charge in [-0.1, -0.05) is 0 Å². The molecule has 0 amide bonds. The summed E-state index contributed by atoms with van der Waals surface area (Å²) in [7, 11) is 0. The third-order valence-electron chi connectivity index (χ3n) is 4.78. The van der Waals surface area contributed by atoms with Crippen molar-refractivity contribution in [3.05, 3.63) is 18.2 Å². The number of aromatic nitrogens is 2. The van der Waals surface area contributed by atoms with Crippen molar-refractivity contribution in [2.24, 2.45) is 5.92 Å². The van der Waals surface area contributed by atoms with E-state index in [9.17, 15) is 4.79 Å². The van der Waals surface area contributed by atoms with E-state index < -0.39 is 0 Å². The maximum absolute atomic E-state index is 12.0. The summed E-state index contributed by atoms with van der Waals surface area (Å²) < 4.78 is 2.20. The van der Waals surface area contributed by atoms with Crippen LogP contribution < -0.4 is 0 Å². The van der Waals surface area contributed by atoms with Crippen molar-refractivity contribution >= 4 is 5.78 Å². The molecule has 0 spiro atoms. The molecule has 1 aliphatic heterocycles. The Labute approximate surface area is 114 Å². The zero-order valence-corrected chi connectivity index (χ0v) is 11.7. The molecule has 4 heteroatoms. The number of likely N-dealkylation sites (tertiary alicyclic amines) is 1. The van der Waals surface area contributed by atoms with Gasteiger partial charge in [-0.05, 0) is 39.2 Å². The number of nitrogens with zero attached hydrogens (tertiary/aromatic N) is 3. The molecule has 104 valence electrons. The summed E-state index contributed by atoms with van der Waals surface area (Å²) in [6, 6.07) is 0.513. The fraction of sp³-hybridized carbons (Fsp3) is 0.733. The normalized spacial score (nSPS) is 28.4. The fourth-order valence-electron chi connectivity index (χ4n) is 3.71. The molecule has 2 atom stereocenters. The number of ketones is 1. The maximum atomic E-state index is 12.0. The second-order valence-electron chi connectivity index (χ2n) is 5.88. The summed E-state index contributed by atoms with van der Waals surface area (Å²) in [5, 5.41) is 0.